The van der Waals surface area contributed by atoms with Gasteiger partial charge in [-0.3, -0.25) is 0 Å². The van der Waals surface area contributed by atoms with E-state index in [1.807, 2.05) is 37.9 Å². The van der Waals surface area contributed by atoms with E-state index in [4.69, 9.17) is 20.8 Å². The molecule has 0 bridgehead atoms. The molecule has 0 aliphatic heterocycles. The van der Waals surface area contributed by atoms with E-state index in [1.54, 1.807) is 0 Å². The molecule has 0 radical (unpaired) electrons. The van der Waals surface area contributed by atoms with Crippen LogP contribution in [0.1, 0.15) is 18.4 Å². The van der Waals surface area contributed by atoms with Gasteiger partial charge in [0.1, 0.15) is 11.5 Å². The lowest BCUT2D eigenvalue weighted by Gasteiger charge is -2.15. The van der Waals surface area contributed by atoms with Gasteiger partial charge < -0.3 is 14.1 Å². The molecular weight excluding hydrogens is 268 g/mol. The Labute approximate surface area is 116 Å². The van der Waals surface area contributed by atoms with Crippen molar-refractivity contribution in [2.75, 3.05) is 18.6 Å². The van der Waals surface area contributed by atoms with Gasteiger partial charge in [-0.15, -0.1) is 0 Å². The SMILES string of the molecule is CCOc1nc(Cl)nc(N(C)Cc2ccc(C)o2)n1. The van der Waals surface area contributed by atoms with Gasteiger partial charge in [0.25, 0.3) is 0 Å². The molecule has 102 valence electrons. The predicted molar refractivity (Wildman–Crippen MR) is 71.6 cm³/mol. The Morgan fingerprint density at radius 3 is 2.74 bits per heavy atom. The van der Waals surface area contributed by atoms with E-state index in [0.717, 1.165) is 11.5 Å². The van der Waals surface area contributed by atoms with Crippen molar-refractivity contribution in [1.82, 2.24) is 15.0 Å². The number of rotatable bonds is 5. The maximum atomic E-state index is 5.84. The van der Waals surface area contributed by atoms with Gasteiger partial charge in [-0.25, -0.2) is 0 Å². The number of nitrogens with zero attached hydrogens (tertiary/aromatic N) is 4. The summed E-state index contributed by atoms with van der Waals surface area (Å²) >= 11 is 5.84. The molecule has 0 saturated carbocycles. The molecule has 0 unspecified atom stereocenters. The van der Waals surface area contributed by atoms with Crippen LogP contribution >= 0.6 is 11.6 Å². The Morgan fingerprint density at radius 1 is 1.32 bits per heavy atom. The topological polar surface area (TPSA) is 64.3 Å². The van der Waals surface area contributed by atoms with E-state index in [0.29, 0.717) is 19.1 Å². The van der Waals surface area contributed by atoms with Gasteiger partial charge in [0.05, 0.1) is 13.2 Å². The van der Waals surface area contributed by atoms with Crippen molar-refractivity contribution in [1.29, 1.82) is 0 Å². The summed E-state index contributed by atoms with van der Waals surface area (Å²) in [6.07, 6.45) is 0. The third-order valence-corrected chi connectivity index (χ3v) is 2.55. The molecule has 0 aromatic carbocycles. The summed E-state index contributed by atoms with van der Waals surface area (Å²) in [7, 11) is 1.85. The van der Waals surface area contributed by atoms with Crippen LogP contribution in [-0.2, 0) is 6.54 Å². The van der Waals surface area contributed by atoms with Gasteiger partial charge in [-0.05, 0) is 37.6 Å². The Balaban J connectivity index is 2.15. The van der Waals surface area contributed by atoms with E-state index >= 15 is 0 Å². The summed E-state index contributed by atoms with van der Waals surface area (Å²) in [5, 5.41) is 0.107. The average molecular weight is 283 g/mol. The molecule has 2 heterocycles. The highest BCUT2D eigenvalue weighted by Gasteiger charge is 2.12. The van der Waals surface area contributed by atoms with Crippen LogP contribution < -0.4 is 9.64 Å². The first kappa shape index (κ1) is 13.6. The lowest BCUT2D eigenvalue weighted by atomic mass is 10.4. The number of hydrogen-bond acceptors (Lipinski definition) is 6. The molecular formula is C12H15ClN4O2. The van der Waals surface area contributed by atoms with E-state index in [-0.39, 0.29) is 11.3 Å². The molecule has 0 amide bonds. The summed E-state index contributed by atoms with van der Waals surface area (Å²) in [5.74, 6) is 2.14. The summed E-state index contributed by atoms with van der Waals surface area (Å²) < 4.78 is 10.7. The van der Waals surface area contributed by atoms with Crippen LogP contribution in [0.15, 0.2) is 16.5 Å². The van der Waals surface area contributed by atoms with Crippen molar-refractivity contribution < 1.29 is 9.15 Å². The first-order valence-electron chi connectivity index (χ1n) is 5.89. The van der Waals surface area contributed by atoms with E-state index in [2.05, 4.69) is 15.0 Å². The fraction of sp³-hybridized carbons (Fsp3) is 0.417. The van der Waals surface area contributed by atoms with Gasteiger partial charge in [0, 0.05) is 7.05 Å². The standard InChI is InChI=1S/C12H15ClN4O2/c1-4-18-12-15-10(13)14-11(16-12)17(3)7-9-6-5-8(2)19-9/h5-6H,4,7H2,1-3H3. The number of furan rings is 1. The molecule has 0 N–H and O–H groups in total. The van der Waals surface area contributed by atoms with Crippen molar-refractivity contribution >= 4 is 17.5 Å². The lowest BCUT2D eigenvalue weighted by Crippen LogP contribution is -2.19. The van der Waals surface area contributed by atoms with E-state index < -0.39 is 0 Å². The summed E-state index contributed by atoms with van der Waals surface area (Å²) in [4.78, 5) is 13.9. The van der Waals surface area contributed by atoms with Crippen LogP contribution in [0.25, 0.3) is 0 Å². The van der Waals surface area contributed by atoms with E-state index in [1.165, 1.54) is 0 Å². The normalized spacial score (nSPS) is 10.5. The molecule has 2 aromatic rings. The van der Waals surface area contributed by atoms with Crippen molar-refractivity contribution in [2.45, 2.75) is 20.4 Å². The molecule has 0 atom stereocenters. The van der Waals surface area contributed by atoms with Crippen molar-refractivity contribution in [3.05, 3.63) is 28.9 Å². The van der Waals surface area contributed by atoms with Crippen molar-refractivity contribution in [3.8, 4) is 6.01 Å². The molecule has 2 aromatic heterocycles. The largest absolute Gasteiger partial charge is 0.464 e. The highest BCUT2D eigenvalue weighted by atomic mass is 35.5. The predicted octanol–water partition coefficient (Wildman–Crippen LogP) is 2.46. The molecule has 7 heteroatoms. The summed E-state index contributed by atoms with van der Waals surface area (Å²) in [6.45, 7) is 4.77. The maximum absolute atomic E-state index is 5.84. The number of aromatic nitrogens is 3. The van der Waals surface area contributed by atoms with Gasteiger partial charge in [0.2, 0.25) is 11.2 Å². The fourth-order valence-corrected chi connectivity index (χ4v) is 1.71. The van der Waals surface area contributed by atoms with Gasteiger partial charge in [-0.2, -0.15) is 15.0 Å². The maximum Gasteiger partial charge on any atom is 0.322 e. The zero-order valence-corrected chi connectivity index (χ0v) is 11.8. The minimum Gasteiger partial charge on any atom is -0.464 e. The van der Waals surface area contributed by atoms with Crippen molar-refractivity contribution in [2.24, 2.45) is 0 Å². The number of halogens is 1. The summed E-state index contributed by atoms with van der Waals surface area (Å²) in [6, 6.07) is 4.05. The number of ether oxygens (including phenoxy) is 1. The van der Waals surface area contributed by atoms with Crippen LogP contribution in [0, 0.1) is 6.92 Å². The minimum atomic E-state index is 0.107. The zero-order valence-electron chi connectivity index (χ0n) is 11.1. The smallest absolute Gasteiger partial charge is 0.322 e. The number of anilines is 1. The first-order chi connectivity index (χ1) is 9.08. The van der Waals surface area contributed by atoms with Crippen LogP contribution in [-0.4, -0.2) is 28.6 Å². The third-order valence-electron chi connectivity index (χ3n) is 2.38. The molecule has 6 nitrogen and oxygen atoms in total. The number of hydrogen-bond donors (Lipinski definition) is 0. The van der Waals surface area contributed by atoms with Crippen molar-refractivity contribution in [3.63, 3.8) is 0 Å². The lowest BCUT2D eigenvalue weighted by molar-refractivity contribution is 0.311. The van der Waals surface area contributed by atoms with Crippen LogP contribution in [0.2, 0.25) is 5.28 Å². The van der Waals surface area contributed by atoms with Crippen LogP contribution in [0.5, 0.6) is 6.01 Å². The summed E-state index contributed by atoms with van der Waals surface area (Å²) in [5.41, 5.74) is 0. The second kappa shape index (κ2) is 5.88. The number of aryl methyl sites for hydroxylation is 1. The Hall–Kier alpha value is -1.82. The molecule has 0 spiro atoms. The molecule has 0 saturated heterocycles. The molecule has 19 heavy (non-hydrogen) atoms. The second-order valence-electron chi connectivity index (χ2n) is 3.99. The van der Waals surface area contributed by atoms with Crippen LogP contribution in [0.3, 0.4) is 0 Å². The monoisotopic (exact) mass is 282 g/mol. The molecule has 2 rings (SSSR count). The van der Waals surface area contributed by atoms with E-state index in [9.17, 15) is 0 Å². The van der Waals surface area contributed by atoms with Gasteiger partial charge in [0.15, 0.2) is 0 Å². The highest BCUT2D eigenvalue weighted by Crippen LogP contribution is 2.17. The minimum absolute atomic E-state index is 0.107. The zero-order chi connectivity index (χ0) is 13.8. The Morgan fingerprint density at radius 2 is 2.11 bits per heavy atom. The quantitative estimate of drug-likeness (QED) is 0.839. The third kappa shape index (κ3) is 3.57. The molecule has 0 fully saturated rings. The first-order valence-corrected chi connectivity index (χ1v) is 6.27. The molecule has 0 aliphatic rings. The Kier molecular flexibility index (Phi) is 4.21. The second-order valence-corrected chi connectivity index (χ2v) is 4.33. The fourth-order valence-electron chi connectivity index (χ4n) is 1.56. The van der Waals surface area contributed by atoms with Gasteiger partial charge >= 0.3 is 6.01 Å². The molecule has 0 aliphatic carbocycles. The Bertz CT molecular complexity index is 558. The van der Waals surface area contributed by atoms with Gasteiger partial charge in [-0.1, -0.05) is 0 Å². The average Bonchev–Trinajstić information content (AvgIpc) is 2.74. The van der Waals surface area contributed by atoms with Crippen LogP contribution in [0.4, 0.5) is 5.95 Å². The highest BCUT2D eigenvalue weighted by molar-refractivity contribution is 6.28.